The minimum Gasteiger partial charge on any atom is -0.316 e. The molecule has 1 N–H and O–H groups in total. The topological polar surface area (TPSA) is 12.0 Å². The molecule has 0 bridgehead atoms. The number of rotatable bonds is 6. The van der Waals surface area contributed by atoms with Crippen LogP contribution >= 0.6 is 39.1 Å². The van der Waals surface area contributed by atoms with Crippen LogP contribution in [-0.2, 0) is 6.42 Å². The van der Waals surface area contributed by atoms with E-state index in [-0.39, 0.29) is 0 Å². The molecule has 1 unspecified atom stereocenters. The number of halogens is 3. The van der Waals surface area contributed by atoms with Crippen molar-refractivity contribution in [2.24, 2.45) is 0 Å². The summed E-state index contributed by atoms with van der Waals surface area (Å²) < 4.78 is 1.10. The molecular formula is C17H18BrCl2N. The lowest BCUT2D eigenvalue weighted by Gasteiger charge is -2.19. The Morgan fingerprint density at radius 2 is 1.95 bits per heavy atom. The van der Waals surface area contributed by atoms with Crippen molar-refractivity contribution in [2.45, 2.75) is 19.3 Å². The standard InChI is InChI=1S/C17H18BrCl2N/c1-2-21-11-14(12-4-3-5-15(18)9-12)8-13-6-7-16(19)10-17(13)20/h3-7,9-10,14,21H,2,8,11H2,1H3. The van der Waals surface area contributed by atoms with Gasteiger partial charge in [-0.3, -0.25) is 0 Å². The smallest absolute Gasteiger partial charge is 0.0453 e. The van der Waals surface area contributed by atoms with Crippen molar-refractivity contribution in [3.8, 4) is 0 Å². The van der Waals surface area contributed by atoms with Crippen LogP contribution in [0.5, 0.6) is 0 Å². The van der Waals surface area contributed by atoms with Gasteiger partial charge in [0.15, 0.2) is 0 Å². The van der Waals surface area contributed by atoms with Gasteiger partial charge in [0.05, 0.1) is 0 Å². The van der Waals surface area contributed by atoms with Gasteiger partial charge in [0.1, 0.15) is 0 Å². The van der Waals surface area contributed by atoms with Crippen LogP contribution < -0.4 is 5.32 Å². The van der Waals surface area contributed by atoms with Crippen molar-refractivity contribution < 1.29 is 0 Å². The molecule has 4 heteroatoms. The van der Waals surface area contributed by atoms with Crippen molar-refractivity contribution in [1.82, 2.24) is 5.32 Å². The van der Waals surface area contributed by atoms with Crippen molar-refractivity contribution in [2.75, 3.05) is 13.1 Å². The van der Waals surface area contributed by atoms with Crippen molar-refractivity contribution in [3.63, 3.8) is 0 Å². The minimum absolute atomic E-state index is 0.376. The molecule has 1 atom stereocenters. The lowest BCUT2D eigenvalue weighted by molar-refractivity contribution is 0.595. The first-order valence-electron chi connectivity index (χ1n) is 7.00. The molecule has 0 spiro atoms. The quantitative estimate of drug-likeness (QED) is 0.672. The van der Waals surface area contributed by atoms with Gasteiger partial charge in [-0.05, 0) is 48.4 Å². The molecule has 0 radical (unpaired) electrons. The van der Waals surface area contributed by atoms with E-state index < -0.39 is 0 Å². The summed E-state index contributed by atoms with van der Waals surface area (Å²) in [6, 6.07) is 14.2. The van der Waals surface area contributed by atoms with E-state index in [2.05, 4.69) is 46.4 Å². The van der Waals surface area contributed by atoms with Gasteiger partial charge in [-0.2, -0.15) is 0 Å². The second-order valence-corrected chi connectivity index (χ2v) is 6.76. The number of nitrogens with one attached hydrogen (secondary N) is 1. The van der Waals surface area contributed by atoms with Gasteiger partial charge in [0.25, 0.3) is 0 Å². The molecule has 0 amide bonds. The lowest BCUT2D eigenvalue weighted by atomic mass is 9.92. The van der Waals surface area contributed by atoms with Crippen LogP contribution in [0.4, 0.5) is 0 Å². The maximum Gasteiger partial charge on any atom is 0.0453 e. The zero-order chi connectivity index (χ0) is 15.2. The van der Waals surface area contributed by atoms with Gasteiger partial charge in [-0.1, -0.05) is 64.3 Å². The molecule has 0 aromatic heterocycles. The summed E-state index contributed by atoms with van der Waals surface area (Å²) in [6.07, 6.45) is 0.888. The van der Waals surface area contributed by atoms with Crippen LogP contribution in [0.25, 0.3) is 0 Å². The van der Waals surface area contributed by atoms with Gasteiger partial charge < -0.3 is 5.32 Å². The summed E-state index contributed by atoms with van der Waals surface area (Å²) in [5.41, 5.74) is 2.43. The number of hydrogen-bond acceptors (Lipinski definition) is 1. The maximum atomic E-state index is 6.31. The Hall–Kier alpha value is -0.540. The Morgan fingerprint density at radius 1 is 1.14 bits per heavy atom. The van der Waals surface area contributed by atoms with Crippen LogP contribution in [-0.4, -0.2) is 13.1 Å². The SMILES string of the molecule is CCNCC(Cc1ccc(Cl)cc1Cl)c1cccc(Br)c1. The molecule has 112 valence electrons. The minimum atomic E-state index is 0.376. The van der Waals surface area contributed by atoms with E-state index in [0.29, 0.717) is 10.9 Å². The van der Waals surface area contributed by atoms with E-state index in [9.17, 15) is 0 Å². The first-order valence-corrected chi connectivity index (χ1v) is 8.55. The Balaban J connectivity index is 2.23. The summed E-state index contributed by atoms with van der Waals surface area (Å²) >= 11 is 15.8. The molecular weight excluding hydrogens is 369 g/mol. The van der Waals surface area contributed by atoms with E-state index in [0.717, 1.165) is 34.6 Å². The second-order valence-electron chi connectivity index (χ2n) is 5.00. The fraction of sp³-hybridized carbons (Fsp3) is 0.294. The average molecular weight is 387 g/mol. The first kappa shape index (κ1) is 16.8. The van der Waals surface area contributed by atoms with E-state index in [1.807, 2.05) is 24.3 Å². The number of likely N-dealkylation sites (N-methyl/N-ethyl adjacent to an activating group) is 1. The predicted molar refractivity (Wildman–Crippen MR) is 95.6 cm³/mol. The van der Waals surface area contributed by atoms with Gasteiger partial charge in [0, 0.05) is 27.0 Å². The third-order valence-electron chi connectivity index (χ3n) is 3.44. The van der Waals surface area contributed by atoms with Crippen molar-refractivity contribution in [1.29, 1.82) is 0 Å². The summed E-state index contributed by atoms with van der Waals surface area (Å²) in [5, 5.41) is 4.84. The zero-order valence-corrected chi connectivity index (χ0v) is 15.0. The molecule has 2 aromatic carbocycles. The molecule has 1 nitrogen and oxygen atoms in total. The number of benzene rings is 2. The largest absolute Gasteiger partial charge is 0.316 e. The molecule has 21 heavy (non-hydrogen) atoms. The summed E-state index contributed by atoms with van der Waals surface area (Å²) in [5.74, 6) is 0.376. The van der Waals surface area contributed by atoms with E-state index in [1.165, 1.54) is 5.56 Å². The molecule has 0 saturated carbocycles. The molecule has 0 aliphatic rings. The molecule has 0 aliphatic carbocycles. The second kappa shape index (κ2) is 8.19. The van der Waals surface area contributed by atoms with Crippen LogP contribution in [0.2, 0.25) is 10.0 Å². The van der Waals surface area contributed by atoms with Gasteiger partial charge in [0.2, 0.25) is 0 Å². The van der Waals surface area contributed by atoms with Crippen LogP contribution in [0.3, 0.4) is 0 Å². The van der Waals surface area contributed by atoms with E-state index in [1.54, 1.807) is 0 Å². The lowest BCUT2D eigenvalue weighted by Crippen LogP contribution is -2.22. The van der Waals surface area contributed by atoms with Crippen LogP contribution in [0.1, 0.15) is 24.0 Å². The Kier molecular flexibility index (Phi) is 6.56. The highest BCUT2D eigenvalue weighted by Gasteiger charge is 2.14. The summed E-state index contributed by atoms with van der Waals surface area (Å²) in [4.78, 5) is 0. The highest BCUT2D eigenvalue weighted by molar-refractivity contribution is 9.10. The van der Waals surface area contributed by atoms with Gasteiger partial charge >= 0.3 is 0 Å². The highest BCUT2D eigenvalue weighted by atomic mass is 79.9. The highest BCUT2D eigenvalue weighted by Crippen LogP contribution is 2.28. The van der Waals surface area contributed by atoms with Crippen LogP contribution in [0.15, 0.2) is 46.9 Å². The summed E-state index contributed by atoms with van der Waals surface area (Å²) in [6.45, 7) is 4.00. The molecule has 0 fully saturated rings. The Bertz CT molecular complexity index is 601. The predicted octanol–water partition coefficient (Wildman–Crippen LogP) is 5.69. The number of hydrogen-bond donors (Lipinski definition) is 1. The normalized spacial score (nSPS) is 12.4. The molecule has 0 aliphatic heterocycles. The summed E-state index contributed by atoms with van der Waals surface area (Å²) in [7, 11) is 0. The van der Waals surface area contributed by atoms with Gasteiger partial charge in [-0.15, -0.1) is 0 Å². The third-order valence-corrected chi connectivity index (χ3v) is 4.52. The maximum absolute atomic E-state index is 6.31. The Labute approximate surface area is 144 Å². The Morgan fingerprint density at radius 3 is 2.62 bits per heavy atom. The van der Waals surface area contributed by atoms with Crippen molar-refractivity contribution in [3.05, 3.63) is 68.1 Å². The third kappa shape index (κ3) is 5.00. The fourth-order valence-corrected chi connectivity index (χ4v) is 3.24. The molecule has 2 aromatic rings. The first-order chi connectivity index (χ1) is 10.1. The monoisotopic (exact) mass is 385 g/mol. The fourth-order valence-electron chi connectivity index (χ4n) is 2.34. The molecule has 0 heterocycles. The average Bonchev–Trinajstić information content (AvgIpc) is 2.45. The van der Waals surface area contributed by atoms with Gasteiger partial charge in [-0.25, -0.2) is 0 Å². The van der Waals surface area contributed by atoms with E-state index in [4.69, 9.17) is 23.2 Å². The van der Waals surface area contributed by atoms with Crippen molar-refractivity contribution >= 4 is 39.1 Å². The molecule has 2 rings (SSSR count). The zero-order valence-electron chi connectivity index (χ0n) is 11.9. The molecule has 0 saturated heterocycles. The van der Waals surface area contributed by atoms with E-state index >= 15 is 0 Å². The van der Waals surface area contributed by atoms with Crippen LogP contribution in [0, 0.1) is 0 Å².